The van der Waals surface area contributed by atoms with Crippen LogP contribution in [0.4, 0.5) is 23.4 Å². The molecule has 2 aromatic rings. The SMILES string of the molecule is C=C/C=C(NCC#Cc1nn2c(NC3CCN(C4(C#N)COC4)CC3F)cccc2c1SC(F)(F)F)\C(=N/CP(C)(C)=O)OC. The summed E-state index contributed by atoms with van der Waals surface area (Å²) in [5.74, 6) is 6.01. The van der Waals surface area contributed by atoms with Crippen molar-refractivity contribution in [1.29, 1.82) is 5.26 Å². The van der Waals surface area contributed by atoms with Crippen LogP contribution in [-0.4, -0.2) is 103 Å². The zero-order chi connectivity index (χ0) is 32.8. The van der Waals surface area contributed by atoms with E-state index in [4.69, 9.17) is 9.47 Å². The number of methoxy groups -OCH3 is 1. The van der Waals surface area contributed by atoms with Crippen LogP contribution >= 0.6 is 18.9 Å². The number of ether oxygens (including phenoxy) is 2. The lowest BCUT2D eigenvalue weighted by molar-refractivity contribution is -0.121. The van der Waals surface area contributed by atoms with Crippen molar-refractivity contribution >= 4 is 36.1 Å². The molecule has 2 unspecified atom stereocenters. The van der Waals surface area contributed by atoms with E-state index in [1.54, 1.807) is 36.4 Å². The minimum Gasteiger partial charge on any atom is -0.480 e. The van der Waals surface area contributed by atoms with Crippen molar-refractivity contribution in [2.75, 3.05) is 64.9 Å². The number of allylic oxidation sites excluding steroid dienone is 2. The van der Waals surface area contributed by atoms with Gasteiger partial charge >= 0.3 is 5.51 Å². The molecule has 0 aromatic carbocycles. The van der Waals surface area contributed by atoms with Crippen molar-refractivity contribution < 1.29 is 31.6 Å². The number of likely N-dealkylation sites (tertiary alicyclic amines) is 1. The van der Waals surface area contributed by atoms with Crippen molar-refractivity contribution in [3.63, 3.8) is 0 Å². The highest BCUT2D eigenvalue weighted by Crippen LogP contribution is 2.41. The van der Waals surface area contributed by atoms with Crippen LogP contribution < -0.4 is 10.6 Å². The fraction of sp³-hybridized carbons (Fsp3) is 0.483. The second-order valence-corrected chi connectivity index (χ2v) is 15.4. The molecule has 0 aliphatic carbocycles. The number of anilines is 1. The Labute approximate surface area is 263 Å². The molecule has 242 valence electrons. The van der Waals surface area contributed by atoms with Crippen LogP contribution in [0.5, 0.6) is 0 Å². The summed E-state index contributed by atoms with van der Waals surface area (Å²) < 4.78 is 80.0. The van der Waals surface area contributed by atoms with Crippen LogP contribution in [-0.2, 0) is 14.0 Å². The third-order valence-corrected chi connectivity index (χ3v) is 8.70. The first-order chi connectivity index (χ1) is 21.3. The van der Waals surface area contributed by atoms with E-state index in [9.17, 15) is 23.0 Å². The predicted octanol–water partition coefficient (Wildman–Crippen LogP) is 4.70. The number of piperidine rings is 1. The van der Waals surface area contributed by atoms with E-state index in [1.165, 1.54) is 23.8 Å². The van der Waals surface area contributed by atoms with Gasteiger partial charge in [-0.05, 0) is 55.6 Å². The monoisotopic (exact) mass is 667 g/mol. The maximum atomic E-state index is 15.3. The summed E-state index contributed by atoms with van der Waals surface area (Å²) in [5.41, 5.74) is -4.97. The highest BCUT2D eigenvalue weighted by atomic mass is 32.2. The number of thioether (sulfide) groups is 1. The van der Waals surface area contributed by atoms with Gasteiger partial charge < -0.3 is 24.7 Å². The number of halogens is 4. The quantitative estimate of drug-likeness (QED) is 0.0708. The van der Waals surface area contributed by atoms with Crippen LogP contribution in [0.25, 0.3) is 5.52 Å². The normalized spacial score (nSPS) is 20.8. The summed E-state index contributed by atoms with van der Waals surface area (Å²) in [6.07, 6.45) is 2.16. The average molecular weight is 668 g/mol. The average Bonchev–Trinajstić information content (AvgIpc) is 3.28. The van der Waals surface area contributed by atoms with Gasteiger partial charge in [-0.15, -0.1) is 0 Å². The lowest BCUT2D eigenvalue weighted by Crippen LogP contribution is -2.65. The minimum atomic E-state index is -4.61. The second-order valence-electron chi connectivity index (χ2n) is 10.9. The first-order valence-corrected chi connectivity index (χ1v) is 17.5. The second kappa shape index (κ2) is 14.3. The van der Waals surface area contributed by atoms with Gasteiger partial charge in [-0.25, -0.2) is 13.9 Å². The number of aromatic nitrogens is 2. The molecule has 10 nitrogen and oxygen atoms in total. The molecule has 2 atom stereocenters. The largest absolute Gasteiger partial charge is 0.480 e. The van der Waals surface area contributed by atoms with E-state index in [0.717, 1.165) is 0 Å². The lowest BCUT2D eigenvalue weighted by atomic mass is 9.92. The van der Waals surface area contributed by atoms with E-state index >= 15 is 4.39 Å². The molecule has 45 heavy (non-hydrogen) atoms. The van der Waals surface area contributed by atoms with Crippen LogP contribution in [0.2, 0.25) is 0 Å². The van der Waals surface area contributed by atoms with Crippen molar-refractivity contribution in [3.8, 4) is 17.9 Å². The number of fused-ring (bicyclic) bond motifs is 1. The predicted molar refractivity (Wildman–Crippen MR) is 167 cm³/mol. The maximum Gasteiger partial charge on any atom is 0.446 e. The fourth-order valence-corrected chi connectivity index (χ4v) is 5.95. The van der Waals surface area contributed by atoms with Gasteiger partial charge in [-0.3, -0.25) is 4.90 Å². The standard InChI is InChI=1S/C29H34F4N7O3PS/c1-5-8-23(27(42-2)36-19-44(3,4)41)35-13-7-9-22-26(45-29(31,32)33)24-10-6-11-25(40(24)38-22)37-21-12-14-39(15-20(21)30)28(16-34)17-43-18-28/h5-6,8,10-11,20-21,35,37H,1,12-15,17-19H2,2-4H3/b23-8+,36-27+. The Morgan fingerprint density at radius 2 is 2.16 bits per heavy atom. The third kappa shape index (κ3) is 8.61. The first-order valence-electron chi connectivity index (χ1n) is 13.9. The number of aliphatic imine (C=N–C) groups is 1. The Hall–Kier alpha value is -3.49. The molecule has 2 aliphatic rings. The maximum absolute atomic E-state index is 15.3. The Kier molecular flexibility index (Phi) is 10.9. The molecule has 0 bridgehead atoms. The van der Waals surface area contributed by atoms with Crippen molar-refractivity contribution in [1.82, 2.24) is 19.8 Å². The molecule has 2 aromatic heterocycles. The van der Waals surface area contributed by atoms with Crippen LogP contribution in [0.15, 0.2) is 52.5 Å². The van der Waals surface area contributed by atoms with Crippen LogP contribution in [0.1, 0.15) is 12.1 Å². The first kappa shape index (κ1) is 34.4. The Morgan fingerprint density at radius 1 is 1.40 bits per heavy atom. The van der Waals surface area contributed by atoms with Crippen molar-refractivity contribution in [2.24, 2.45) is 4.99 Å². The molecule has 2 fully saturated rings. The lowest BCUT2D eigenvalue weighted by Gasteiger charge is -2.48. The highest BCUT2D eigenvalue weighted by Gasteiger charge is 2.48. The number of pyridine rings is 1. The van der Waals surface area contributed by atoms with Gasteiger partial charge in [0.1, 0.15) is 24.8 Å². The van der Waals surface area contributed by atoms with E-state index in [-0.39, 0.29) is 66.4 Å². The van der Waals surface area contributed by atoms with Gasteiger partial charge in [0.25, 0.3) is 0 Å². The number of alkyl halides is 4. The number of rotatable bonds is 10. The summed E-state index contributed by atoms with van der Waals surface area (Å²) >= 11 is -0.324. The highest BCUT2D eigenvalue weighted by molar-refractivity contribution is 8.00. The Balaban J connectivity index is 1.56. The molecule has 16 heteroatoms. The van der Waals surface area contributed by atoms with Gasteiger partial charge in [-0.2, -0.15) is 23.5 Å². The van der Waals surface area contributed by atoms with Gasteiger partial charge in [0.05, 0.1) is 61.4 Å². The topological polar surface area (TPSA) is 116 Å². The number of nitrogens with zero attached hydrogens (tertiary/aromatic N) is 5. The molecule has 0 amide bonds. The molecule has 0 spiro atoms. The number of hydrogen-bond acceptors (Lipinski definition) is 10. The number of nitriles is 1. The van der Waals surface area contributed by atoms with E-state index in [0.29, 0.717) is 24.5 Å². The summed E-state index contributed by atoms with van der Waals surface area (Å²) in [4.78, 5) is 5.85. The molecule has 4 rings (SSSR count). The van der Waals surface area contributed by atoms with Gasteiger partial charge in [0.2, 0.25) is 5.90 Å². The molecule has 2 aliphatic heterocycles. The van der Waals surface area contributed by atoms with E-state index in [1.807, 2.05) is 0 Å². The summed E-state index contributed by atoms with van der Waals surface area (Å²) in [6, 6.07) is 6.26. The molecular formula is C29H34F4N7O3PS. The summed E-state index contributed by atoms with van der Waals surface area (Å²) in [7, 11) is -1.05. The molecular weight excluding hydrogens is 633 g/mol. The molecule has 4 heterocycles. The van der Waals surface area contributed by atoms with Gasteiger partial charge in [0.15, 0.2) is 5.54 Å². The van der Waals surface area contributed by atoms with Crippen LogP contribution in [0, 0.1) is 23.2 Å². The van der Waals surface area contributed by atoms with Gasteiger partial charge in [0, 0.05) is 13.1 Å². The molecule has 2 saturated heterocycles. The van der Waals surface area contributed by atoms with Crippen molar-refractivity contribution in [3.05, 3.63) is 48.3 Å². The Morgan fingerprint density at radius 3 is 2.73 bits per heavy atom. The van der Waals surface area contributed by atoms with E-state index < -0.39 is 30.4 Å². The third-order valence-electron chi connectivity index (χ3n) is 7.04. The smallest absolute Gasteiger partial charge is 0.446 e. The molecule has 0 saturated carbocycles. The fourth-order valence-electron chi connectivity index (χ4n) is 4.80. The zero-order valence-corrected chi connectivity index (χ0v) is 26.7. The van der Waals surface area contributed by atoms with Crippen molar-refractivity contribution in [2.45, 2.75) is 34.6 Å². The minimum absolute atomic E-state index is 0.00952. The molecule has 0 radical (unpaired) electrons. The zero-order valence-electron chi connectivity index (χ0n) is 25.0. The number of nitrogens with one attached hydrogen (secondary N) is 2. The van der Waals surface area contributed by atoms with Gasteiger partial charge in [-0.1, -0.05) is 24.6 Å². The van der Waals surface area contributed by atoms with E-state index in [2.05, 4.69) is 45.2 Å². The molecule has 2 N–H and O–H groups in total. The van der Waals surface area contributed by atoms with Crippen LogP contribution in [0.3, 0.4) is 0 Å². The number of hydrogen-bond donors (Lipinski definition) is 2. The summed E-state index contributed by atoms with van der Waals surface area (Å²) in [5, 5.41) is 20.0. The Bertz CT molecular complexity index is 1620. The summed E-state index contributed by atoms with van der Waals surface area (Å²) in [6.45, 7) is 7.79.